The van der Waals surface area contributed by atoms with E-state index >= 15 is 0 Å². The third-order valence-electron chi connectivity index (χ3n) is 3.38. The van der Waals surface area contributed by atoms with Gasteiger partial charge in [0.15, 0.2) is 0 Å². The van der Waals surface area contributed by atoms with Crippen molar-refractivity contribution in [3.8, 4) is 5.75 Å². The van der Waals surface area contributed by atoms with Gasteiger partial charge in [0.1, 0.15) is 5.75 Å². The second-order valence-corrected chi connectivity index (χ2v) is 4.96. The summed E-state index contributed by atoms with van der Waals surface area (Å²) >= 11 is 0. The maximum absolute atomic E-state index is 5.73. The van der Waals surface area contributed by atoms with Crippen molar-refractivity contribution in [2.24, 2.45) is 0 Å². The summed E-state index contributed by atoms with van der Waals surface area (Å²) < 4.78 is 11.3. The Morgan fingerprint density at radius 2 is 2.32 bits per heavy atom. The Bertz CT molecular complexity index is 403. The first-order valence-corrected chi connectivity index (χ1v) is 6.97. The second-order valence-electron chi connectivity index (χ2n) is 4.96. The maximum Gasteiger partial charge on any atom is 0.122 e. The smallest absolute Gasteiger partial charge is 0.122 e. The predicted molar refractivity (Wildman–Crippen MR) is 78.2 cm³/mol. The number of hydrogen-bond donors (Lipinski definition) is 1. The van der Waals surface area contributed by atoms with Gasteiger partial charge < -0.3 is 19.7 Å². The third-order valence-corrected chi connectivity index (χ3v) is 3.38. The summed E-state index contributed by atoms with van der Waals surface area (Å²) in [6.45, 7) is 8.40. The van der Waals surface area contributed by atoms with Crippen LogP contribution >= 0.6 is 0 Å². The molecular weight excluding hydrogens is 240 g/mol. The molecule has 1 aliphatic heterocycles. The van der Waals surface area contributed by atoms with Crippen LogP contribution in [0.3, 0.4) is 0 Å². The fourth-order valence-electron chi connectivity index (χ4n) is 2.34. The summed E-state index contributed by atoms with van der Waals surface area (Å²) in [5.41, 5.74) is 2.38. The Kier molecular flexibility index (Phi) is 5.05. The Balaban J connectivity index is 1.98. The van der Waals surface area contributed by atoms with Crippen LogP contribution in [0.4, 0.5) is 5.69 Å². The summed E-state index contributed by atoms with van der Waals surface area (Å²) in [6.07, 6.45) is 0.269. The van der Waals surface area contributed by atoms with Crippen LogP contribution in [0.1, 0.15) is 12.5 Å². The van der Waals surface area contributed by atoms with Crippen molar-refractivity contribution in [2.45, 2.75) is 20.0 Å². The molecule has 106 valence electrons. The fraction of sp³-hybridized carbons (Fsp3) is 0.600. The van der Waals surface area contributed by atoms with Gasteiger partial charge in [0, 0.05) is 32.4 Å². The molecule has 1 aromatic carbocycles. The highest BCUT2D eigenvalue weighted by molar-refractivity contribution is 5.52. The van der Waals surface area contributed by atoms with E-state index in [4.69, 9.17) is 9.47 Å². The van der Waals surface area contributed by atoms with Crippen LogP contribution in [0, 0.1) is 6.92 Å². The van der Waals surface area contributed by atoms with E-state index in [9.17, 15) is 0 Å². The van der Waals surface area contributed by atoms with Crippen molar-refractivity contribution >= 4 is 5.69 Å². The van der Waals surface area contributed by atoms with E-state index in [-0.39, 0.29) is 6.10 Å². The molecule has 19 heavy (non-hydrogen) atoms. The molecule has 0 amide bonds. The minimum Gasteiger partial charge on any atom is -0.494 e. The van der Waals surface area contributed by atoms with Crippen LogP contribution in [0.5, 0.6) is 5.75 Å². The van der Waals surface area contributed by atoms with Crippen molar-refractivity contribution in [2.75, 3.05) is 44.8 Å². The molecule has 1 unspecified atom stereocenters. The maximum atomic E-state index is 5.73. The minimum absolute atomic E-state index is 0.269. The van der Waals surface area contributed by atoms with Gasteiger partial charge >= 0.3 is 0 Å². The molecule has 1 saturated heterocycles. The van der Waals surface area contributed by atoms with Gasteiger partial charge in [0.2, 0.25) is 0 Å². The number of hydrogen-bond acceptors (Lipinski definition) is 4. The fourth-order valence-corrected chi connectivity index (χ4v) is 2.34. The van der Waals surface area contributed by atoms with Gasteiger partial charge in [-0.05, 0) is 37.6 Å². The second kappa shape index (κ2) is 6.78. The number of morpholine rings is 1. The molecule has 4 nitrogen and oxygen atoms in total. The van der Waals surface area contributed by atoms with Crippen molar-refractivity contribution in [1.82, 2.24) is 5.32 Å². The zero-order valence-corrected chi connectivity index (χ0v) is 12.1. The first-order chi connectivity index (χ1) is 9.20. The van der Waals surface area contributed by atoms with E-state index in [0.717, 1.165) is 32.0 Å². The standard InChI is InChI=1S/C15H24N2O2/c1-4-18-15-6-5-13(9-12(15)2)17(3)11-14-10-16-7-8-19-14/h5-6,9,14,16H,4,7-8,10-11H2,1-3H3. The van der Waals surface area contributed by atoms with Gasteiger partial charge in [-0.2, -0.15) is 0 Å². The lowest BCUT2D eigenvalue weighted by atomic mass is 10.1. The highest BCUT2D eigenvalue weighted by Gasteiger charge is 2.16. The van der Waals surface area contributed by atoms with Crippen molar-refractivity contribution in [1.29, 1.82) is 0 Å². The highest BCUT2D eigenvalue weighted by Crippen LogP contribution is 2.24. The molecule has 0 aliphatic carbocycles. The lowest BCUT2D eigenvalue weighted by Gasteiger charge is -2.29. The Hall–Kier alpha value is -1.26. The number of anilines is 1. The van der Waals surface area contributed by atoms with Crippen LogP contribution in [-0.2, 0) is 4.74 Å². The molecule has 1 fully saturated rings. The molecule has 0 saturated carbocycles. The van der Waals surface area contributed by atoms with Crippen LogP contribution in [0.25, 0.3) is 0 Å². The quantitative estimate of drug-likeness (QED) is 0.879. The normalized spacial score (nSPS) is 19.2. The highest BCUT2D eigenvalue weighted by atomic mass is 16.5. The SMILES string of the molecule is CCOc1ccc(N(C)CC2CNCCO2)cc1C. The van der Waals surface area contributed by atoms with Gasteiger partial charge in [-0.3, -0.25) is 0 Å². The summed E-state index contributed by atoms with van der Waals surface area (Å²) in [5, 5.41) is 3.36. The average Bonchev–Trinajstić information content (AvgIpc) is 2.42. The molecule has 1 atom stereocenters. The third kappa shape index (κ3) is 3.85. The van der Waals surface area contributed by atoms with Crippen LogP contribution in [0.2, 0.25) is 0 Å². The molecule has 1 aromatic rings. The number of likely N-dealkylation sites (N-methyl/N-ethyl adjacent to an activating group) is 1. The largest absolute Gasteiger partial charge is 0.494 e. The molecule has 1 N–H and O–H groups in total. The van der Waals surface area contributed by atoms with Gasteiger partial charge in [-0.25, -0.2) is 0 Å². The van der Waals surface area contributed by atoms with E-state index in [1.165, 1.54) is 11.3 Å². The zero-order valence-electron chi connectivity index (χ0n) is 12.1. The summed E-state index contributed by atoms with van der Waals surface area (Å²) in [4.78, 5) is 2.24. The number of benzene rings is 1. The van der Waals surface area contributed by atoms with E-state index in [1.54, 1.807) is 0 Å². The lowest BCUT2D eigenvalue weighted by Crippen LogP contribution is -2.44. The van der Waals surface area contributed by atoms with Gasteiger partial charge in [0.05, 0.1) is 19.3 Å². The van der Waals surface area contributed by atoms with Gasteiger partial charge in [-0.1, -0.05) is 0 Å². The van der Waals surface area contributed by atoms with E-state index in [1.807, 2.05) is 13.0 Å². The van der Waals surface area contributed by atoms with Crippen LogP contribution in [0.15, 0.2) is 18.2 Å². The van der Waals surface area contributed by atoms with E-state index < -0.39 is 0 Å². The number of rotatable bonds is 5. The summed E-state index contributed by atoms with van der Waals surface area (Å²) in [6, 6.07) is 6.32. The number of ether oxygens (including phenoxy) is 2. The first kappa shape index (κ1) is 14.2. The molecule has 1 heterocycles. The van der Waals surface area contributed by atoms with Crippen molar-refractivity contribution in [3.05, 3.63) is 23.8 Å². The topological polar surface area (TPSA) is 33.7 Å². The Morgan fingerprint density at radius 1 is 1.47 bits per heavy atom. The van der Waals surface area contributed by atoms with Crippen LogP contribution in [-0.4, -0.2) is 46.0 Å². The van der Waals surface area contributed by atoms with E-state index in [2.05, 4.69) is 36.3 Å². The summed E-state index contributed by atoms with van der Waals surface area (Å²) in [5.74, 6) is 0.968. The molecule has 4 heteroatoms. The predicted octanol–water partition coefficient (Wildman–Crippen LogP) is 1.82. The van der Waals surface area contributed by atoms with Gasteiger partial charge in [-0.15, -0.1) is 0 Å². The zero-order chi connectivity index (χ0) is 13.7. The number of aryl methyl sites for hydroxylation is 1. The average molecular weight is 264 g/mol. The Morgan fingerprint density at radius 3 is 2.95 bits per heavy atom. The molecule has 1 aliphatic rings. The monoisotopic (exact) mass is 264 g/mol. The molecule has 2 rings (SSSR count). The molecule has 0 aromatic heterocycles. The first-order valence-electron chi connectivity index (χ1n) is 6.97. The molecular formula is C15H24N2O2. The van der Waals surface area contributed by atoms with Crippen molar-refractivity contribution in [3.63, 3.8) is 0 Å². The van der Waals surface area contributed by atoms with Crippen molar-refractivity contribution < 1.29 is 9.47 Å². The van der Waals surface area contributed by atoms with E-state index in [0.29, 0.717) is 6.61 Å². The minimum atomic E-state index is 0.269. The molecule has 0 radical (unpaired) electrons. The lowest BCUT2D eigenvalue weighted by molar-refractivity contribution is 0.0340. The molecule has 0 spiro atoms. The van der Waals surface area contributed by atoms with Crippen LogP contribution < -0.4 is 15.0 Å². The number of nitrogens with zero attached hydrogens (tertiary/aromatic N) is 1. The number of nitrogens with one attached hydrogen (secondary N) is 1. The van der Waals surface area contributed by atoms with Gasteiger partial charge in [0.25, 0.3) is 0 Å². The summed E-state index contributed by atoms with van der Waals surface area (Å²) in [7, 11) is 2.10. The Labute approximate surface area is 115 Å². The molecule has 0 bridgehead atoms.